The van der Waals surface area contributed by atoms with E-state index in [0.717, 1.165) is 32.5 Å². The molecule has 10 amide bonds. The number of aromatic nitrogens is 3. The van der Waals surface area contributed by atoms with Crippen LogP contribution in [0.4, 0.5) is 4.79 Å². The number of urea groups is 1. The number of fused-ring (bicyclic) bond motifs is 1. The fraction of sp³-hybridized carbons (Fsp3) is 0.408. The minimum Gasteiger partial charge on any atom is -0.481 e. The zero-order valence-electron chi connectivity index (χ0n) is 42.2. The summed E-state index contributed by atoms with van der Waals surface area (Å²) in [6.45, 7) is 0.169. The third kappa shape index (κ3) is 17.5. The van der Waals surface area contributed by atoms with Gasteiger partial charge < -0.3 is 68.7 Å². The van der Waals surface area contributed by atoms with E-state index in [2.05, 4.69) is 62.8 Å². The number of benzene rings is 2. The molecular weight excluding hydrogens is 1050 g/mol. The van der Waals surface area contributed by atoms with E-state index < -0.39 is 127 Å². The van der Waals surface area contributed by atoms with Gasteiger partial charge in [0, 0.05) is 72.7 Å². The molecule has 29 heteroatoms. The molecule has 0 saturated carbocycles. The number of rotatable bonds is 17. The molecule has 0 radical (unpaired) electrons. The first-order valence-electron chi connectivity index (χ1n) is 24.7. The number of imide groups is 1. The van der Waals surface area contributed by atoms with Gasteiger partial charge in [-0.25, -0.2) is 9.78 Å². The van der Waals surface area contributed by atoms with E-state index in [1.807, 2.05) is 18.2 Å². The largest absolute Gasteiger partial charge is 0.481 e. The number of H-pyrrole nitrogens is 2. The number of ketones is 1. The number of nitrogens with two attached hydrogens (primary N) is 1. The maximum Gasteiger partial charge on any atom is 0.325 e. The molecule has 4 heterocycles. The normalized spacial score (nSPS) is 22.4. The van der Waals surface area contributed by atoms with Crippen molar-refractivity contribution >= 4 is 103 Å². The van der Waals surface area contributed by atoms with Gasteiger partial charge >= 0.3 is 12.0 Å². The van der Waals surface area contributed by atoms with Crippen LogP contribution in [0.25, 0.3) is 10.9 Å². The second-order valence-electron chi connectivity index (χ2n) is 18.3. The van der Waals surface area contributed by atoms with Crippen LogP contribution in [-0.2, 0) is 67.2 Å². The Bertz CT molecular complexity index is 2840. The molecule has 27 nitrogen and oxygen atoms in total. The first-order chi connectivity index (χ1) is 37.3. The number of guanidine groups is 1. The third-order valence-corrected chi connectivity index (χ3v) is 14.8. The summed E-state index contributed by atoms with van der Waals surface area (Å²) in [6, 6.07) is 4.72. The van der Waals surface area contributed by atoms with Crippen LogP contribution >= 0.6 is 21.6 Å². The standard InChI is InChI=1S/C49H61N15O12S2/c1-26(65)37-23-77-78-24-38(57-39(66)22-64-40(67)21-55-49(64)76)47(75)59-33(13-14-41(68)69)43(71)62-36(18-29-20-52-25-56-29)46(74)60-34(16-27-8-3-2-4-9-27)44(72)58-32(12-7-15-53-48(50)51)42(70)61-35(45(73)63-37)17-28-19-54-31-11-6-5-10-30(28)31/h2-6,8-11,19-20,25,32-38,54H,7,12-18,21-24H2,1H3,(H,52,56)(H,55,76)(H,57,66)(H,58,72)(H,59,75)(H,60,74)(H,61,70)(H,62,71)(H,63,73)(H,68,69)(H4,50,51,53)/t32-,33-,34+,35-,36-,37-,38-/m0/s1. The molecule has 2 aliphatic rings. The minimum absolute atomic E-state index is 0.0790. The Labute approximate surface area is 453 Å². The number of aromatic amines is 2. The van der Waals surface area contributed by atoms with Crippen LogP contribution in [0.5, 0.6) is 0 Å². The Balaban J connectivity index is 1.40. The Hall–Kier alpha value is -8.47. The average Bonchev–Trinajstić information content (AvgIpc) is 4.16. The summed E-state index contributed by atoms with van der Waals surface area (Å²) in [7, 11) is 1.95. The van der Waals surface area contributed by atoms with Crippen molar-refractivity contribution in [1.82, 2.24) is 67.7 Å². The highest BCUT2D eigenvalue weighted by Gasteiger charge is 2.36. The molecule has 2 aliphatic heterocycles. The molecule has 2 aromatic carbocycles. The lowest BCUT2D eigenvalue weighted by molar-refractivity contribution is -0.138. The van der Waals surface area contributed by atoms with Crippen LogP contribution in [0.3, 0.4) is 0 Å². The fourth-order valence-electron chi connectivity index (χ4n) is 8.26. The van der Waals surface area contributed by atoms with E-state index >= 15 is 0 Å². The second-order valence-corrected chi connectivity index (χ2v) is 20.8. The molecule has 0 aliphatic carbocycles. The Kier molecular flexibility index (Phi) is 21.6. The van der Waals surface area contributed by atoms with Crippen molar-refractivity contribution in [3.05, 3.63) is 90.1 Å². The fourth-order valence-corrected chi connectivity index (χ4v) is 10.7. The molecule has 416 valence electrons. The van der Waals surface area contributed by atoms with Gasteiger partial charge in [0.2, 0.25) is 41.4 Å². The van der Waals surface area contributed by atoms with Gasteiger partial charge in [0.1, 0.15) is 42.8 Å². The second kappa shape index (κ2) is 28.6. The number of imidazole rings is 1. The van der Waals surface area contributed by atoms with Crippen molar-refractivity contribution in [2.45, 2.75) is 94.2 Å². The maximum atomic E-state index is 14.7. The topological polar surface area (TPSA) is 414 Å². The van der Waals surface area contributed by atoms with Gasteiger partial charge in [-0.05, 0) is 43.4 Å². The van der Waals surface area contributed by atoms with Gasteiger partial charge in [-0.15, -0.1) is 0 Å². The van der Waals surface area contributed by atoms with Crippen molar-refractivity contribution in [1.29, 1.82) is 5.41 Å². The molecular formula is C49H61N15O12S2. The summed E-state index contributed by atoms with van der Waals surface area (Å²) in [5.41, 5.74) is 7.78. The number of aliphatic carboxylic acids is 1. The molecule has 7 atom stereocenters. The number of nitrogens with zero attached hydrogens (tertiary/aromatic N) is 2. The predicted molar refractivity (Wildman–Crippen MR) is 285 cm³/mol. The van der Waals surface area contributed by atoms with E-state index in [1.165, 1.54) is 19.4 Å². The zero-order chi connectivity index (χ0) is 56.3. The molecule has 2 fully saturated rings. The lowest BCUT2D eigenvalue weighted by Gasteiger charge is -2.28. The monoisotopic (exact) mass is 1120 g/mol. The van der Waals surface area contributed by atoms with Gasteiger partial charge in [0.05, 0.1) is 18.9 Å². The van der Waals surface area contributed by atoms with Crippen LogP contribution in [0.2, 0.25) is 0 Å². The molecule has 2 saturated heterocycles. The third-order valence-electron chi connectivity index (χ3n) is 12.4. The highest BCUT2D eigenvalue weighted by atomic mass is 33.1. The van der Waals surface area contributed by atoms with Gasteiger partial charge in [-0.3, -0.25) is 58.3 Å². The summed E-state index contributed by atoms with van der Waals surface area (Å²) in [6.07, 6.45) is 2.72. The lowest BCUT2D eigenvalue weighted by Crippen LogP contribution is -2.61. The van der Waals surface area contributed by atoms with Gasteiger partial charge in [0.15, 0.2) is 11.7 Å². The highest BCUT2D eigenvalue weighted by Crippen LogP contribution is 2.24. The number of nitrogens with one attached hydrogen (secondary N) is 12. The van der Waals surface area contributed by atoms with Crippen LogP contribution in [-0.4, -0.2) is 169 Å². The minimum atomic E-state index is -1.68. The van der Waals surface area contributed by atoms with E-state index in [0.29, 0.717) is 21.7 Å². The number of carboxylic acid groups (broad SMARTS) is 1. The number of carboxylic acids is 1. The summed E-state index contributed by atoms with van der Waals surface area (Å²) in [5.74, 6) is -9.78. The molecule has 0 bridgehead atoms. The summed E-state index contributed by atoms with van der Waals surface area (Å²) >= 11 is 0. The van der Waals surface area contributed by atoms with E-state index in [1.54, 1.807) is 42.6 Å². The van der Waals surface area contributed by atoms with Crippen LogP contribution in [0, 0.1) is 5.41 Å². The zero-order valence-corrected chi connectivity index (χ0v) is 43.8. The molecule has 15 N–H and O–H groups in total. The summed E-state index contributed by atoms with van der Waals surface area (Å²) < 4.78 is 0. The number of hydrogen-bond donors (Lipinski definition) is 14. The number of carbonyl (C=O) groups excluding carboxylic acids is 10. The molecule has 2 aromatic heterocycles. The van der Waals surface area contributed by atoms with Gasteiger partial charge in [-0.2, -0.15) is 0 Å². The first-order valence-corrected chi connectivity index (χ1v) is 27.1. The average molecular weight is 1120 g/mol. The Morgan fingerprint density at radius 3 is 1.99 bits per heavy atom. The Morgan fingerprint density at radius 1 is 0.744 bits per heavy atom. The Morgan fingerprint density at radius 2 is 1.35 bits per heavy atom. The van der Waals surface area contributed by atoms with Crippen LogP contribution in [0.1, 0.15) is 49.4 Å². The smallest absolute Gasteiger partial charge is 0.325 e. The van der Waals surface area contributed by atoms with E-state index in [-0.39, 0.29) is 62.7 Å². The summed E-state index contributed by atoms with van der Waals surface area (Å²) in [4.78, 5) is 161. The van der Waals surface area contributed by atoms with Crippen LogP contribution in [0.15, 0.2) is 73.3 Å². The number of amides is 10. The SMILES string of the molecule is CC(=O)[C@@H]1CSSC[C@H](NC(=O)CN2C(=O)CNC2=O)C(=O)N[C@@H](CCC(=O)O)C(=O)N[C@@H](Cc2cnc[nH]2)C(=O)N[C@H](Cc2ccccc2)C(=O)N[C@@H](CCCNC(=N)N)C(=O)N[C@@H](Cc2c[nH]c3ccccc23)C(=O)N1. The first kappa shape index (κ1) is 58.8. The maximum absolute atomic E-state index is 14.7. The lowest BCUT2D eigenvalue weighted by atomic mass is 10.0. The number of Topliss-reactive ketones (excluding diaryl/α,β-unsaturated/α-hetero) is 1. The van der Waals surface area contributed by atoms with Gasteiger partial charge in [0.25, 0.3) is 5.91 Å². The molecule has 6 rings (SSSR count). The molecule has 78 heavy (non-hydrogen) atoms. The summed E-state index contributed by atoms with van der Waals surface area (Å²) in [5, 5.41) is 41.4. The van der Waals surface area contributed by atoms with Crippen molar-refractivity contribution in [3.63, 3.8) is 0 Å². The molecule has 4 aromatic rings. The highest BCUT2D eigenvalue weighted by molar-refractivity contribution is 8.76. The quantitative estimate of drug-likeness (QED) is 0.0178. The van der Waals surface area contributed by atoms with Gasteiger partial charge in [-0.1, -0.05) is 70.1 Å². The van der Waals surface area contributed by atoms with Crippen LogP contribution < -0.4 is 53.6 Å². The molecule has 0 spiro atoms. The predicted octanol–water partition coefficient (Wildman–Crippen LogP) is -2.02. The van der Waals surface area contributed by atoms with Crippen molar-refractivity contribution < 1.29 is 57.8 Å². The van der Waals surface area contributed by atoms with E-state index in [9.17, 15) is 57.8 Å². The number of para-hydroxylation sites is 1. The number of hydrogen-bond acceptors (Lipinski definition) is 15. The van der Waals surface area contributed by atoms with Crippen molar-refractivity contribution in [2.75, 3.05) is 31.1 Å². The van der Waals surface area contributed by atoms with E-state index in [4.69, 9.17) is 11.1 Å². The number of carbonyl (C=O) groups is 11. The van der Waals surface area contributed by atoms with Crippen molar-refractivity contribution in [2.24, 2.45) is 5.73 Å². The molecule has 0 unspecified atom stereocenters. The van der Waals surface area contributed by atoms with Crippen molar-refractivity contribution in [3.8, 4) is 0 Å².